The molecule has 1 amide bonds. The fraction of sp³-hybridized carbons (Fsp3) is 0.500. The zero-order chi connectivity index (χ0) is 25.1. The molecule has 0 bridgehead atoms. The van der Waals surface area contributed by atoms with Crippen LogP contribution >= 0.6 is 11.6 Å². The highest BCUT2D eigenvalue weighted by molar-refractivity contribution is 6.31. The van der Waals surface area contributed by atoms with Gasteiger partial charge in [0.15, 0.2) is 16.3 Å². The first-order valence-corrected chi connectivity index (χ1v) is 10.6. The van der Waals surface area contributed by atoms with Crippen LogP contribution in [-0.4, -0.2) is 64.6 Å². The molecule has 0 aliphatic carbocycles. The normalized spacial score (nSPS) is 21.3. The van der Waals surface area contributed by atoms with Crippen LogP contribution in [0.3, 0.4) is 0 Å². The molecular formula is C18H16AlClF6N4O4. The van der Waals surface area contributed by atoms with E-state index in [9.17, 15) is 31.1 Å². The molecule has 1 fully saturated rings. The van der Waals surface area contributed by atoms with Gasteiger partial charge in [0.25, 0.3) is 5.91 Å². The van der Waals surface area contributed by atoms with Crippen LogP contribution in [0.5, 0.6) is 6.08 Å². The molecule has 184 valence electrons. The molecule has 2 aromatic rings. The predicted molar refractivity (Wildman–Crippen MR) is 104 cm³/mol. The Morgan fingerprint density at radius 3 is 2.62 bits per heavy atom. The van der Waals surface area contributed by atoms with Crippen molar-refractivity contribution in [3.8, 4) is 6.08 Å². The first-order valence-electron chi connectivity index (χ1n) is 9.66. The maximum absolute atomic E-state index is 13.0. The molecule has 2 atom stereocenters. The standard InChI is InChI=1S/C18H16ClF6N4O4.Al/c19-12-3-1-9(7-11(12)17(20,21)22)14(30)27-10-2-4-13(26-8-10)15-28-29-16(33-15)31-5-6-32-18(23,24)25;/h1,3,7,10,26H,2,4-6,8H2,(H,27,30);/t10-;/m0./s1. The maximum atomic E-state index is 13.0. The van der Waals surface area contributed by atoms with Crippen LogP contribution in [0.25, 0.3) is 0 Å². The van der Waals surface area contributed by atoms with Gasteiger partial charge in [0.2, 0.25) is 5.89 Å². The number of halogens is 7. The van der Waals surface area contributed by atoms with Crippen molar-refractivity contribution >= 4 is 33.8 Å². The van der Waals surface area contributed by atoms with Gasteiger partial charge in [-0.3, -0.25) is 9.53 Å². The summed E-state index contributed by atoms with van der Waals surface area (Å²) in [5.41, 5.74) is -1.29. The third kappa shape index (κ3) is 6.99. The Balaban J connectivity index is 1.53. The van der Waals surface area contributed by atoms with Crippen molar-refractivity contribution in [3.05, 3.63) is 40.2 Å². The van der Waals surface area contributed by atoms with Crippen LogP contribution in [-0.2, 0) is 15.3 Å². The van der Waals surface area contributed by atoms with Gasteiger partial charge in [-0.25, -0.2) is 0 Å². The smallest absolute Gasteiger partial charge is 0.447 e. The molecule has 2 N–H and O–H groups in total. The van der Waals surface area contributed by atoms with Gasteiger partial charge < -0.3 is 19.8 Å². The second-order valence-electron chi connectivity index (χ2n) is 7.27. The number of rotatable bonds is 7. The second kappa shape index (κ2) is 10.3. The summed E-state index contributed by atoms with van der Waals surface area (Å²) in [4.78, 5) is 12.4. The van der Waals surface area contributed by atoms with Gasteiger partial charge in [-0.15, -0.1) is 18.3 Å². The summed E-state index contributed by atoms with van der Waals surface area (Å²) in [5.74, 6) is -0.610. The number of benzene rings is 1. The van der Waals surface area contributed by atoms with Gasteiger partial charge in [-0.05, 0) is 31.0 Å². The molecule has 2 radical (unpaired) electrons. The van der Waals surface area contributed by atoms with Crippen LogP contribution in [0.15, 0.2) is 22.6 Å². The topological polar surface area (TPSA) is 98.5 Å². The Morgan fingerprint density at radius 2 is 2.00 bits per heavy atom. The highest BCUT2D eigenvalue weighted by atomic mass is 35.5. The molecule has 1 saturated heterocycles. The SMILES string of the molecule is O=C(N[C@H]1CC[C@]([Al])(c2nnc(OCCOC(F)(F)F)o2)NC1)c1ccc(Cl)c(C(F)(F)F)c1. The lowest BCUT2D eigenvalue weighted by molar-refractivity contribution is -0.325. The zero-order valence-electron chi connectivity index (χ0n) is 17.1. The largest absolute Gasteiger partial charge is 0.522 e. The van der Waals surface area contributed by atoms with E-state index in [1.165, 1.54) is 6.07 Å². The minimum absolute atomic E-state index is 0.0848. The average molecular weight is 529 g/mol. The summed E-state index contributed by atoms with van der Waals surface area (Å²) in [6.45, 7) is -1.01. The fourth-order valence-electron chi connectivity index (χ4n) is 3.09. The van der Waals surface area contributed by atoms with Crippen LogP contribution in [0.4, 0.5) is 26.3 Å². The van der Waals surface area contributed by atoms with Gasteiger partial charge in [-0.2, -0.15) is 13.2 Å². The Labute approximate surface area is 201 Å². The van der Waals surface area contributed by atoms with E-state index in [0.29, 0.717) is 18.9 Å². The van der Waals surface area contributed by atoms with E-state index in [-0.39, 0.29) is 24.1 Å². The predicted octanol–water partition coefficient (Wildman–Crippen LogP) is 3.16. The molecule has 1 aliphatic heterocycles. The lowest BCUT2D eigenvalue weighted by atomic mass is 9.99. The third-order valence-electron chi connectivity index (χ3n) is 4.78. The van der Waals surface area contributed by atoms with Gasteiger partial charge in [0, 0.05) is 22.6 Å². The summed E-state index contributed by atoms with van der Waals surface area (Å²) in [6.07, 6.45) is -9.06. The first-order chi connectivity index (χ1) is 15.8. The number of carbonyl (C=O) groups excluding carboxylic acids is 1. The summed E-state index contributed by atoms with van der Waals surface area (Å²) in [5, 5.41) is 12.7. The van der Waals surface area contributed by atoms with E-state index < -0.39 is 52.7 Å². The van der Waals surface area contributed by atoms with Gasteiger partial charge in [-0.1, -0.05) is 16.7 Å². The molecule has 1 aromatic heterocycles. The van der Waals surface area contributed by atoms with Crippen molar-refractivity contribution in [2.75, 3.05) is 19.8 Å². The van der Waals surface area contributed by atoms with Crippen molar-refractivity contribution < 1.29 is 45.0 Å². The number of piperidine rings is 1. The third-order valence-corrected chi connectivity index (χ3v) is 5.85. The zero-order valence-corrected chi connectivity index (χ0v) is 19.0. The Hall–Kier alpha value is -2.05. The van der Waals surface area contributed by atoms with E-state index >= 15 is 0 Å². The first kappa shape index (κ1) is 26.6. The van der Waals surface area contributed by atoms with Crippen molar-refractivity contribution in [1.29, 1.82) is 0 Å². The molecule has 1 aliphatic rings. The van der Waals surface area contributed by atoms with Crippen molar-refractivity contribution in [3.63, 3.8) is 0 Å². The molecule has 3 rings (SSSR count). The number of amides is 1. The molecule has 2 heterocycles. The molecule has 16 heteroatoms. The Morgan fingerprint density at radius 1 is 1.26 bits per heavy atom. The van der Waals surface area contributed by atoms with E-state index in [0.717, 1.165) is 6.07 Å². The number of aromatic nitrogens is 2. The summed E-state index contributed by atoms with van der Waals surface area (Å²) >= 11 is 8.06. The highest BCUT2D eigenvalue weighted by Gasteiger charge is 2.37. The molecule has 0 saturated carbocycles. The Kier molecular flexibility index (Phi) is 8.04. The molecular weight excluding hydrogens is 513 g/mol. The van der Waals surface area contributed by atoms with Gasteiger partial charge >= 0.3 is 18.6 Å². The molecule has 8 nitrogen and oxygen atoms in total. The van der Waals surface area contributed by atoms with Crippen molar-refractivity contribution in [2.24, 2.45) is 0 Å². The van der Waals surface area contributed by atoms with Crippen molar-refractivity contribution in [2.45, 2.75) is 35.8 Å². The number of nitrogens with one attached hydrogen (secondary N) is 2. The molecule has 1 aromatic carbocycles. The number of hydrogen-bond acceptors (Lipinski definition) is 7. The minimum Gasteiger partial charge on any atom is -0.447 e. The van der Waals surface area contributed by atoms with E-state index in [1.54, 1.807) is 0 Å². The van der Waals surface area contributed by atoms with Gasteiger partial charge in [0.05, 0.1) is 17.2 Å². The average Bonchev–Trinajstić information content (AvgIpc) is 3.22. The summed E-state index contributed by atoms with van der Waals surface area (Å²) in [6, 6.07) is 2.48. The van der Waals surface area contributed by atoms with Gasteiger partial charge in [0.1, 0.15) is 6.61 Å². The van der Waals surface area contributed by atoms with Crippen LogP contribution in [0.2, 0.25) is 5.02 Å². The monoisotopic (exact) mass is 528 g/mol. The number of carbonyl (C=O) groups is 1. The quantitative estimate of drug-likeness (QED) is 0.324. The molecule has 0 unspecified atom stereocenters. The summed E-state index contributed by atoms with van der Waals surface area (Å²) in [7, 11) is 0. The second-order valence-corrected chi connectivity index (χ2v) is 8.66. The fourth-order valence-corrected chi connectivity index (χ4v) is 3.72. The lowest BCUT2D eigenvalue weighted by Crippen LogP contribution is -2.55. The van der Waals surface area contributed by atoms with Crippen molar-refractivity contribution in [1.82, 2.24) is 20.8 Å². The number of ether oxygens (including phenoxy) is 2. The van der Waals surface area contributed by atoms with E-state index in [1.807, 2.05) is 0 Å². The molecule has 0 spiro atoms. The highest BCUT2D eigenvalue weighted by Crippen LogP contribution is 2.35. The minimum atomic E-state index is -4.78. The number of alkyl halides is 6. The Bertz CT molecular complexity index is 1010. The van der Waals surface area contributed by atoms with Crippen LogP contribution < -0.4 is 15.4 Å². The lowest BCUT2D eigenvalue weighted by Gasteiger charge is -2.37. The molecule has 34 heavy (non-hydrogen) atoms. The summed E-state index contributed by atoms with van der Waals surface area (Å²) < 4.78 is 87.9. The number of hydrogen-bond donors (Lipinski definition) is 2. The van der Waals surface area contributed by atoms with Crippen LogP contribution in [0, 0.1) is 0 Å². The van der Waals surface area contributed by atoms with E-state index in [4.69, 9.17) is 20.8 Å². The number of nitrogens with zero attached hydrogens (tertiary/aromatic N) is 2. The van der Waals surface area contributed by atoms with E-state index in [2.05, 4.69) is 41.9 Å². The van der Waals surface area contributed by atoms with Crippen LogP contribution in [0.1, 0.15) is 34.7 Å². The maximum Gasteiger partial charge on any atom is 0.522 e.